The summed E-state index contributed by atoms with van der Waals surface area (Å²) in [4.78, 5) is 8.86. The topological polar surface area (TPSA) is 89.2 Å². The molecule has 0 N–H and O–H groups in total. The van der Waals surface area contributed by atoms with Crippen molar-refractivity contribution in [1.29, 1.82) is 0 Å². The lowest BCUT2D eigenvalue weighted by Gasteiger charge is -2.30. The first-order valence-corrected chi connectivity index (χ1v) is 11.7. The van der Waals surface area contributed by atoms with Crippen molar-refractivity contribution in [3.8, 4) is 0 Å². The maximum atomic E-state index is 12.8. The summed E-state index contributed by atoms with van der Waals surface area (Å²) in [5.41, 5.74) is 0. The zero-order valence-corrected chi connectivity index (χ0v) is 17.6. The second-order valence-corrected chi connectivity index (χ2v) is 10.1. The second kappa shape index (κ2) is 8.70. The van der Waals surface area contributed by atoms with Crippen molar-refractivity contribution >= 4 is 21.8 Å². The van der Waals surface area contributed by atoms with E-state index in [9.17, 15) is 8.42 Å². The van der Waals surface area contributed by atoms with Gasteiger partial charge in [-0.25, -0.2) is 13.4 Å². The van der Waals surface area contributed by atoms with Gasteiger partial charge in [-0.3, -0.25) is 0 Å². The fourth-order valence-corrected chi connectivity index (χ4v) is 5.15. The molecule has 1 aliphatic carbocycles. The Hall–Kier alpha value is -1.45. The molecule has 1 fully saturated rings. The molecule has 0 unspecified atom stereocenters. The van der Waals surface area contributed by atoms with Crippen LogP contribution in [0.5, 0.6) is 0 Å². The van der Waals surface area contributed by atoms with Crippen LogP contribution in [0, 0.1) is 0 Å². The molecule has 148 valence electrons. The van der Waals surface area contributed by atoms with Gasteiger partial charge in [0.15, 0.2) is 5.82 Å². The molecule has 9 heteroatoms. The highest BCUT2D eigenvalue weighted by Gasteiger charge is 2.29. The average molecular weight is 411 g/mol. The minimum absolute atomic E-state index is 0.0884. The van der Waals surface area contributed by atoms with Crippen LogP contribution in [0.25, 0.3) is 0 Å². The summed E-state index contributed by atoms with van der Waals surface area (Å²) >= 11 is 1.44. The summed E-state index contributed by atoms with van der Waals surface area (Å²) in [6.45, 7) is 4.01. The van der Waals surface area contributed by atoms with E-state index < -0.39 is 10.0 Å². The highest BCUT2D eigenvalue weighted by molar-refractivity contribution is 7.98. The molecular formula is C18H26N4O3S2. The van der Waals surface area contributed by atoms with E-state index in [4.69, 9.17) is 4.52 Å². The van der Waals surface area contributed by atoms with E-state index in [1.54, 1.807) is 19.2 Å². The Bertz CT molecular complexity index is 844. The van der Waals surface area contributed by atoms with E-state index in [0.29, 0.717) is 17.5 Å². The third kappa shape index (κ3) is 4.89. The van der Waals surface area contributed by atoms with Crippen molar-refractivity contribution < 1.29 is 12.9 Å². The van der Waals surface area contributed by atoms with Gasteiger partial charge in [-0.1, -0.05) is 50.0 Å². The Kier molecular flexibility index (Phi) is 6.54. The summed E-state index contributed by atoms with van der Waals surface area (Å²) in [5.74, 6) is 1.95. The molecule has 2 aromatic heterocycles. The summed E-state index contributed by atoms with van der Waals surface area (Å²) in [5, 5.41) is 4.65. The number of pyridine rings is 1. The van der Waals surface area contributed by atoms with E-state index in [-0.39, 0.29) is 16.9 Å². The van der Waals surface area contributed by atoms with E-state index in [0.717, 1.165) is 30.7 Å². The Morgan fingerprint density at radius 2 is 2.00 bits per heavy atom. The predicted octanol–water partition coefficient (Wildman–Crippen LogP) is 3.83. The molecule has 27 heavy (non-hydrogen) atoms. The number of thioether (sulfide) groups is 1. The van der Waals surface area contributed by atoms with Gasteiger partial charge in [0.05, 0.1) is 10.8 Å². The molecule has 0 bridgehead atoms. The van der Waals surface area contributed by atoms with Crippen LogP contribution >= 0.6 is 11.8 Å². The first-order valence-electron chi connectivity index (χ1n) is 9.27. The van der Waals surface area contributed by atoms with Crippen molar-refractivity contribution in [2.45, 2.75) is 73.6 Å². The summed E-state index contributed by atoms with van der Waals surface area (Å²) in [6.07, 6.45) is 6.67. The van der Waals surface area contributed by atoms with Crippen LogP contribution in [0.3, 0.4) is 0 Å². The summed E-state index contributed by atoms with van der Waals surface area (Å²) in [7, 11) is -1.83. The van der Waals surface area contributed by atoms with Crippen molar-refractivity contribution in [3.05, 3.63) is 30.0 Å². The Morgan fingerprint density at radius 3 is 2.59 bits per heavy atom. The van der Waals surface area contributed by atoms with Crippen LogP contribution in [-0.2, 0) is 15.8 Å². The highest BCUT2D eigenvalue weighted by atomic mass is 32.2. The van der Waals surface area contributed by atoms with Crippen LogP contribution in [-0.4, -0.2) is 40.9 Å². The second-order valence-electron chi connectivity index (χ2n) is 7.13. The maximum absolute atomic E-state index is 12.8. The minimum atomic E-state index is -3.51. The SMILES string of the molecule is CC(C)c1noc(CSc2ccc(S(=O)(=O)N(C)C3CCCCC3)cn2)n1. The predicted molar refractivity (Wildman–Crippen MR) is 104 cm³/mol. The molecule has 0 spiro atoms. The fraction of sp³-hybridized carbons (Fsp3) is 0.611. The van der Waals surface area contributed by atoms with Gasteiger partial charge in [0.2, 0.25) is 15.9 Å². The first kappa shape index (κ1) is 20.3. The van der Waals surface area contributed by atoms with E-state index >= 15 is 0 Å². The lowest BCUT2D eigenvalue weighted by Crippen LogP contribution is -2.38. The van der Waals surface area contributed by atoms with Gasteiger partial charge in [0.25, 0.3) is 0 Å². The monoisotopic (exact) mass is 410 g/mol. The van der Waals surface area contributed by atoms with Gasteiger partial charge in [-0.2, -0.15) is 9.29 Å². The average Bonchev–Trinajstić information content (AvgIpc) is 3.16. The molecule has 0 aromatic carbocycles. The van der Waals surface area contributed by atoms with Crippen LogP contribution in [0.2, 0.25) is 0 Å². The minimum Gasteiger partial charge on any atom is -0.338 e. The molecule has 1 saturated carbocycles. The molecule has 2 heterocycles. The van der Waals surface area contributed by atoms with Crippen molar-refractivity contribution in [1.82, 2.24) is 19.4 Å². The Morgan fingerprint density at radius 1 is 1.26 bits per heavy atom. The van der Waals surface area contributed by atoms with Crippen molar-refractivity contribution in [3.63, 3.8) is 0 Å². The molecule has 3 rings (SSSR count). The summed E-state index contributed by atoms with van der Waals surface area (Å²) in [6, 6.07) is 3.44. The van der Waals surface area contributed by atoms with Gasteiger partial charge in [-0.15, -0.1) is 0 Å². The van der Waals surface area contributed by atoms with Gasteiger partial charge < -0.3 is 4.52 Å². The quantitative estimate of drug-likeness (QED) is 0.641. The van der Waals surface area contributed by atoms with E-state index in [1.165, 1.54) is 28.7 Å². The maximum Gasteiger partial charge on any atom is 0.244 e. The number of hydrogen-bond acceptors (Lipinski definition) is 7. The van der Waals surface area contributed by atoms with Gasteiger partial charge in [0, 0.05) is 25.2 Å². The third-order valence-corrected chi connectivity index (χ3v) is 7.64. The van der Waals surface area contributed by atoms with Crippen LogP contribution in [0.15, 0.2) is 32.8 Å². The molecular weight excluding hydrogens is 384 g/mol. The van der Waals surface area contributed by atoms with Crippen molar-refractivity contribution in [2.75, 3.05) is 7.05 Å². The number of nitrogens with zero attached hydrogens (tertiary/aromatic N) is 4. The normalized spacial score (nSPS) is 16.3. The number of hydrogen-bond donors (Lipinski definition) is 0. The molecule has 0 atom stereocenters. The van der Waals surface area contributed by atoms with Crippen LogP contribution < -0.4 is 0 Å². The molecule has 0 saturated heterocycles. The third-order valence-electron chi connectivity index (χ3n) is 4.82. The largest absolute Gasteiger partial charge is 0.338 e. The molecule has 2 aromatic rings. The Balaban J connectivity index is 1.63. The number of aromatic nitrogens is 3. The molecule has 0 amide bonds. The molecule has 0 radical (unpaired) electrons. The lowest BCUT2D eigenvalue weighted by molar-refractivity contribution is 0.285. The number of rotatable bonds is 7. The first-order chi connectivity index (χ1) is 12.9. The summed E-state index contributed by atoms with van der Waals surface area (Å²) < 4.78 is 32.4. The van der Waals surface area contributed by atoms with E-state index in [2.05, 4.69) is 15.1 Å². The van der Waals surface area contributed by atoms with Gasteiger partial charge in [-0.05, 0) is 25.0 Å². The van der Waals surface area contributed by atoms with Crippen molar-refractivity contribution in [2.24, 2.45) is 0 Å². The smallest absolute Gasteiger partial charge is 0.244 e. The Labute approximate surface area is 165 Å². The van der Waals surface area contributed by atoms with Crippen LogP contribution in [0.1, 0.15) is 63.6 Å². The van der Waals surface area contributed by atoms with Crippen LogP contribution in [0.4, 0.5) is 0 Å². The van der Waals surface area contributed by atoms with Gasteiger partial charge >= 0.3 is 0 Å². The highest BCUT2D eigenvalue weighted by Crippen LogP contribution is 2.27. The van der Waals surface area contributed by atoms with E-state index in [1.807, 2.05) is 13.8 Å². The zero-order valence-electron chi connectivity index (χ0n) is 16.0. The lowest BCUT2D eigenvalue weighted by atomic mass is 9.96. The molecule has 1 aliphatic rings. The van der Waals surface area contributed by atoms with Gasteiger partial charge in [0.1, 0.15) is 4.90 Å². The fourth-order valence-electron chi connectivity index (χ4n) is 3.11. The zero-order chi connectivity index (χ0) is 19.4. The molecule has 7 nitrogen and oxygen atoms in total. The molecule has 0 aliphatic heterocycles. The number of sulfonamides is 1. The standard InChI is InChI=1S/C18H26N4O3S2/c1-13(2)18-20-16(25-21-18)12-26-17-10-9-15(11-19-17)27(23,24)22(3)14-7-5-4-6-8-14/h9-11,13-14H,4-8,12H2,1-3H3.